The summed E-state index contributed by atoms with van der Waals surface area (Å²) in [6, 6.07) is 0.317. The largest absolute Gasteiger partial charge is 0.319 e. The van der Waals surface area contributed by atoms with E-state index in [4.69, 9.17) is 0 Å². The zero-order valence-corrected chi connectivity index (χ0v) is 14.6. The van der Waals surface area contributed by atoms with Crippen LogP contribution in [0.5, 0.6) is 0 Å². The molecule has 0 amide bonds. The van der Waals surface area contributed by atoms with Gasteiger partial charge in [-0.25, -0.2) is 0 Å². The Hall–Kier alpha value is -0.210. The Morgan fingerprint density at radius 2 is 1.90 bits per heavy atom. The van der Waals surface area contributed by atoms with Crippen molar-refractivity contribution >= 4 is 10.2 Å². The highest BCUT2D eigenvalue weighted by Crippen LogP contribution is 2.27. The predicted octanol–water partition coefficient (Wildman–Crippen LogP) is 0.0445. The molecule has 0 aromatic carbocycles. The number of piperidine rings is 1. The molecule has 124 valence electrons. The molecule has 2 saturated heterocycles. The molecule has 0 aromatic rings. The Bertz CT molecular complexity index is 438. The highest BCUT2D eigenvalue weighted by atomic mass is 32.2. The molecule has 0 aliphatic carbocycles. The smallest absolute Gasteiger partial charge is 0.282 e. The van der Waals surface area contributed by atoms with Crippen molar-refractivity contribution in [3.05, 3.63) is 0 Å². The number of likely N-dealkylation sites (N-methyl/N-ethyl adjacent to an activating group) is 1. The lowest BCUT2D eigenvalue weighted by Crippen LogP contribution is -2.49. The summed E-state index contributed by atoms with van der Waals surface area (Å²) in [5, 5.41) is 3.17. The van der Waals surface area contributed by atoms with Crippen LogP contribution in [0.15, 0.2) is 0 Å². The minimum atomic E-state index is -3.30. The van der Waals surface area contributed by atoms with Crippen LogP contribution in [-0.4, -0.2) is 81.8 Å². The van der Waals surface area contributed by atoms with Gasteiger partial charge in [-0.3, -0.25) is 0 Å². The maximum absolute atomic E-state index is 12.9. The lowest BCUT2D eigenvalue weighted by Gasteiger charge is -2.34. The molecule has 0 radical (unpaired) electrons. The van der Waals surface area contributed by atoms with Crippen LogP contribution in [0.3, 0.4) is 0 Å². The minimum absolute atomic E-state index is 0.317. The van der Waals surface area contributed by atoms with Crippen LogP contribution in [0.25, 0.3) is 0 Å². The molecule has 0 spiro atoms. The fourth-order valence-corrected chi connectivity index (χ4v) is 5.47. The highest BCUT2D eigenvalue weighted by Gasteiger charge is 2.41. The molecule has 0 aromatic heterocycles. The Kier molecular flexibility index (Phi) is 5.65. The van der Waals surface area contributed by atoms with Gasteiger partial charge in [-0.05, 0) is 52.4 Å². The molecule has 0 saturated carbocycles. The van der Waals surface area contributed by atoms with Crippen molar-refractivity contribution in [2.45, 2.75) is 25.8 Å². The Morgan fingerprint density at radius 3 is 2.48 bits per heavy atom. The molecule has 7 heteroatoms. The van der Waals surface area contributed by atoms with Crippen molar-refractivity contribution in [2.75, 3.05) is 53.9 Å². The SMILES string of the molecule is CNCC1CCCN(S(=O)(=O)N2CC(C)C(N(C)C)C2)C1. The third-order valence-corrected chi connectivity index (χ3v) is 6.76. The molecule has 6 nitrogen and oxygen atoms in total. The van der Waals surface area contributed by atoms with Gasteiger partial charge < -0.3 is 10.2 Å². The van der Waals surface area contributed by atoms with E-state index in [0.717, 1.165) is 19.4 Å². The van der Waals surface area contributed by atoms with Gasteiger partial charge in [0.25, 0.3) is 10.2 Å². The van der Waals surface area contributed by atoms with Gasteiger partial charge in [0.05, 0.1) is 0 Å². The van der Waals surface area contributed by atoms with E-state index >= 15 is 0 Å². The quantitative estimate of drug-likeness (QED) is 0.778. The van der Waals surface area contributed by atoms with Gasteiger partial charge in [-0.1, -0.05) is 6.92 Å². The monoisotopic (exact) mass is 318 g/mol. The first kappa shape index (κ1) is 17.1. The maximum Gasteiger partial charge on any atom is 0.282 e. The molecule has 2 rings (SSSR count). The van der Waals surface area contributed by atoms with Crippen molar-refractivity contribution in [3.63, 3.8) is 0 Å². The summed E-state index contributed by atoms with van der Waals surface area (Å²) in [5.74, 6) is 0.816. The molecule has 3 atom stereocenters. The second-order valence-corrected chi connectivity index (χ2v) is 8.69. The summed E-state index contributed by atoms with van der Waals surface area (Å²) in [5.41, 5.74) is 0. The molecular formula is C14H30N4O2S. The number of hydrogen-bond acceptors (Lipinski definition) is 4. The zero-order chi connectivity index (χ0) is 15.6. The predicted molar refractivity (Wildman–Crippen MR) is 85.4 cm³/mol. The van der Waals surface area contributed by atoms with Crippen LogP contribution >= 0.6 is 0 Å². The van der Waals surface area contributed by atoms with Gasteiger partial charge in [-0.2, -0.15) is 17.0 Å². The second-order valence-electron chi connectivity index (χ2n) is 6.76. The number of hydrogen-bond donors (Lipinski definition) is 1. The average Bonchev–Trinajstić information content (AvgIpc) is 2.82. The van der Waals surface area contributed by atoms with Gasteiger partial charge in [0.15, 0.2) is 0 Å². The maximum atomic E-state index is 12.9. The van der Waals surface area contributed by atoms with E-state index in [9.17, 15) is 8.42 Å². The van der Waals surface area contributed by atoms with Crippen LogP contribution in [0.4, 0.5) is 0 Å². The van der Waals surface area contributed by atoms with E-state index in [1.54, 1.807) is 8.61 Å². The molecule has 2 heterocycles. The minimum Gasteiger partial charge on any atom is -0.319 e. The Morgan fingerprint density at radius 1 is 1.19 bits per heavy atom. The summed E-state index contributed by atoms with van der Waals surface area (Å²) in [6.45, 7) is 5.60. The van der Waals surface area contributed by atoms with Crippen molar-refractivity contribution < 1.29 is 8.42 Å². The second kappa shape index (κ2) is 6.91. The molecule has 2 aliphatic rings. The Balaban J connectivity index is 2.04. The number of nitrogens with zero attached hydrogens (tertiary/aromatic N) is 3. The molecule has 0 bridgehead atoms. The van der Waals surface area contributed by atoms with Crippen molar-refractivity contribution in [1.82, 2.24) is 18.8 Å². The van der Waals surface area contributed by atoms with E-state index in [-0.39, 0.29) is 0 Å². The average molecular weight is 318 g/mol. The summed E-state index contributed by atoms with van der Waals surface area (Å²) >= 11 is 0. The molecule has 2 aliphatic heterocycles. The zero-order valence-electron chi connectivity index (χ0n) is 13.7. The first-order chi connectivity index (χ1) is 9.86. The summed E-state index contributed by atoms with van der Waals surface area (Å²) in [4.78, 5) is 2.14. The highest BCUT2D eigenvalue weighted by molar-refractivity contribution is 7.86. The fraction of sp³-hybridized carbons (Fsp3) is 1.00. The van der Waals surface area contributed by atoms with Crippen molar-refractivity contribution in [3.8, 4) is 0 Å². The van der Waals surface area contributed by atoms with Crippen LogP contribution in [0.2, 0.25) is 0 Å². The lowest BCUT2D eigenvalue weighted by atomic mass is 10.00. The number of rotatable bonds is 5. The molecule has 21 heavy (non-hydrogen) atoms. The van der Waals surface area contributed by atoms with Gasteiger partial charge in [0.2, 0.25) is 0 Å². The van der Waals surface area contributed by atoms with E-state index in [2.05, 4.69) is 17.1 Å². The van der Waals surface area contributed by atoms with Gasteiger partial charge in [0, 0.05) is 32.2 Å². The molecular weight excluding hydrogens is 288 g/mol. The molecule has 1 N–H and O–H groups in total. The normalized spacial score (nSPS) is 32.9. The topological polar surface area (TPSA) is 55.9 Å². The van der Waals surface area contributed by atoms with Crippen molar-refractivity contribution in [2.24, 2.45) is 11.8 Å². The molecule has 3 unspecified atom stereocenters. The molecule has 2 fully saturated rings. The van der Waals surface area contributed by atoms with Crippen LogP contribution < -0.4 is 5.32 Å². The van der Waals surface area contributed by atoms with E-state index < -0.39 is 10.2 Å². The van der Waals surface area contributed by atoms with Crippen LogP contribution in [0, 0.1) is 11.8 Å². The Labute approximate surface area is 129 Å². The van der Waals surface area contributed by atoms with Gasteiger partial charge in [0.1, 0.15) is 0 Å². The van der Waals surface area contributed by atoms with Crippen molar-refractivity contribution in [1.29, 1.82) is 0 Å². The van der Waals surface area contributed by atoms with Gasteiger partial charge in [-0.15, -0.1) is 0 Å². The van der Waals surface area contributed by atoms with E-state index in [0.29, 0.717) is 44.1 Å². The summed E-state index contributed by atoms with van der Waals surface area (Å²) < 4.78 is 29.1. The van der Waals surface area contributed by atoms with E-state index in [1.807, 2.05) is 21.1 Å². The van der Waals surface area contributed by atoms with Gasteiger partial charge >= 0.3 is 0 Å². The lowest BCUT2D eigenvalue weighted by molar-refractivity contribution is 0.243. The summed E-state index contributed by atoms with van der Waals surface area (Å²) in [6.07, 6.45) is 2.08. The first-order valence-corrected chi connectivity index (χ1v) is 9.32. The van der Waals surface area contributed by atoms with Crippen LogP contribution in [-0.2, 0) is 10.2 Å². The third kappa shape index (κ3) is 3.76. The fourth-order valence-electron chi connectivity index (χ4n) is 3.62. The number of nitrogens with one attached hydrogen (secondary N) is 1. The summed E-state index contributed by atoms with van der Waals surface area (Å²) in [7, 11) is 2.69. The van der Waals surface area contributed by atoms with E-state index in [1.165, 1.54) is 0 Å². The first-order valence-electron chi connectivity index (χ1n) is 7.92. The van der Waals surface area contributed by atoms with Crippen LogP contribution in [0.1, 0.15) is 19.8 Å². The standard InChI is InChI=1S/C14H30N4O2S/c1-12-9-18(11-14(12)16(3)4)21(19,20)17-7-5-6-13(10-17)8-15-2/h12-15H,5-11H2,1-4H3. The third-order valence-electron chi connectivity index (χ3n) is 4.83.